The van der Waals surface area contributed by atoms with E-state index in [4.69, 9.17) is 0 Å². The summed E-state index contributed by atoms with van der Waals surface area (Å²) in [6, 6.07) is 8.42. The topological polar surface area (TPSA) is 64.8 Å². The maximum absolute atomic E-state index is 11.7. The number of aromatic nitrogens is 3. The smallest absolute Gasteiger partial charge is 0.191 e. The van der Waals surface area contributed by atoms with Gasteiger partial charge in [0.2, 0.25) is 0 Å². The summed E-state index contributed by atoms with van der Waals surface area (Å²) < 4.78 is 25.5. The normalized spacial score (nSPS) is 19.5. The Balaban J connectivity index is 1.78. The van der Waals surface area contributed by atoms with Gasteiger partial charge in [0.25, 0.3) is 0 Å². The van der Waals surface area contributed by atoms with Crippen molar-refractivity contribution in [2.24, 2.45) is 0 Å². The molecular formula is C17H21N3O2S2. The molecular weight excluding hydrogens is 342 g/mol. The quantitative estimate of drug-likeness (QED) is 0.583. The van der Waals surface area contributed by atoms with E-state index >= 15 is 0 Å². The SMILES string of the molecule is C=CCn1c(SCc2ccc(C)cc2)nnc1C1CCS(=O)(=O)C1. The highest BCUT2D eigenvalue weighted by molar-refractivity contribution is 7.98. The summed E-state index contributed by atoms with van der Waals surface area (Å²) in [5.41, 5.74) is 2.46. The van der Waals surface area contributed by atoms with Gasteiger partial charge in [-0.05, 0) is 18.9 Å². The third-order valence-electron chi connectivity index (χ3n) is 4.14. The highest BCUT2D eigenvalue weighted by Crippen LogP contribution is 2.31. The molecule has 0 spiro atoms. The average molecular weight is 364 g/mol. The molecule has 3 rings (SSSR count). The summed E-state index contributed by atoms with van der Waals surface area (Å²) in [6.07, 6.45) is 2.42. The van der Waals surface area contributed by atoms with E-state index in [1.54, 1.807) is 17.8 Å². The molecule has 2 aromatic rings. The van der Waals surface area contributed by atoms with Crippen LogP contribution in [-0.2, 0) is 22.1 Å². The van der Waals surface area contributed by atoms with Crippen molar-refractivity contribution in [3.63, 3.8) is 0 Å². The van der Waals surface area contributed by atoms with Gasteiger partial charge in [0, 0.05) is 18.2 Å². The fourth-order valence-electron chi connectivity index (χ4n) is 2.84. The van der Waals surface area contributed by atoms with Gasteiger partial charge in [-0.15, -0.1) is 16.8 Å². The number of thioether (sulfide) groups is 1. The molecule has 0 bridgehead atoms. The lowest BCUT2D eigenvalue weighted by Crippen LogP contribution is -2.11. The van der Waals surface area contributed by atoms with Gasteiger partial charge in [0.15, 0.2) is 15.0 Å². The number of allylic oxidation sites excluding steroid dienone is 1. The molecule has 0 aliphatic carbocycles. The number of sulfone groups is 1. The van der Waals surface area contributed by atoms with Gasteiger partial charge in [0.05, 0.1) is 11.5 Å². The van der Waals surface area contributed by atoms with Crippen LogP contribution in [0.2, 0.25) is 0 Å². The van der Waals surface area contributed by atoms with Crippen molar-refractivity contribution in [3.8, 4) is 0 Å². The molecule has 1 aliphatic rings. The van der Waals surface area contributed by atoms with Crippen molar-refractivity contribution in [1.29, 1.82) is 0 Å². The van der Waals surface area contributed by atoms with Gasteiger partial charge in [0.1, 0.15) is 5.82 Å². The third-order valence-corrected chi connectivity index (χ3v) is 6.95. The maximum Gasteiger partial charge on any atom is 0.191 e. The Bertz CT molecular complexity index is 826. The second kappa shape index (κ2) is 7.11. The summed E-state index contributed by atoms with van der Waals surface area (Å²) in [4.78, 5) is 0. The highest BCUT2D eigenvalue weighted by Gasteiger charge is 2.33. The number of benzene rings is 1. The number of hydrogen-bond acceptors (Lipinski definition) is 5. The van der Waals surface area contributed by atoms with Crippen molar-refractivity contribution in [2.45, 2.75) is 36.7 Å². The van der Waals surface area contributed by atoms with Crippen LogP contribution in [0, 0.1) is 6.92 Å². The largest absolute Gasteiger partial charge is 0.302 e. The molecule has 7 heteroatoms. The second-order valence-electron chi connectivity index (χ2n) is 6.11. The zero-order chi connectivity index (χ0) is 17.2. The fraction of sp³-hybridized carbons (Fsp3) is 0.412. The van der Waals surface area contributed by atoms with Crippen LogP contribution in [0.5, 0.6) is 0 Å². The molecule has 5 nitrogen and oxygen atoms in total. The second-order valence-corrected chi connectivity index (χ2v) is 9.29. The van der Waals surface area contributed by atoms with Crippen LogP contribution in [0.1, 0.15) is 29.3 Å². The van der Waals surface area contributed by atoms with E-state index in [9.17, 15) is 8.42 Å². The molecule has 1 atom stereocenters. The molecule has 1 saturated heterocycles. The van der Waals surface area contributed by atoms with Gasteiger partial charge in [-0.3, -0.25) is 0 Å². The molecule has 1 aromatic carbocycles. The van der Waals surface area contributed by atoms with Crippen LogP contribution in [0.4, 0.5) is 0 Å². The first-order valence-electron chi connectivity index (χ1n) is 7.91. The van der Waals surface area contributed by atoms with Crippen LogP contribution < -0.4 is 0 Å². The van der Waals surface area contributed by atoms with Crippen molar-refractivity contribution in [2.75, 3.05) is 11.5 Å². The Hall–Kier alpha value is -1.60. The van der Waals surface area contributed by atoms with E-state index in [-0.39, 0.29) is 17.4 Å². The van der Waals surface area contributed by atoms with Crippen LogP contribution in [-0.4, -0.2) is 34.7 Å². The van der Waals surface area contributed by atoms with Crippen molar-refractivity contribution in [1.82, 2.24) is 14.8 Å². The predicted molar refractivity (Wildman–Crippen MR) is 97.0 cm³/mol. The summed E-state index contributed by atoms with van der Waals surface area (Å²) in [6.45, 7) is 6.46. The number of rotatable bonds is 6. The third kappa shape index (κ3) is 3.89. The Morgan fingerprint density at radius 2 is 2.08 bits per heavy atom. The summed E-state index contributed by atoms with van der Waals surface area (Å²) in [5, 5.41) is 9.40. The number of nitrogens with zero attached hydrogens (tertiary/aromatic N) is 3. The fourth-order valence-corrected chi connectivity index (χ4v) is 5.49. The molecule has 2 heterocycles. The van der Waals surface area contributed by atoms with Crippen LogP contribution in [0.3, 0.4) is 0 Å². The predicted octanol–water partition coefficient (Wildman–Crippen LogP) is 2.97. The lowest BCUT2D eigenvalue weighted by molar-refractivity contribution is 0.597. The molecule has 0 amide bonds. The first-order chi connectivity index (χ1) is 11.5. The molecule has 1 fully saturated rings. The standard InChI is InChI=1S/C17H21N3O2S2/c1-3-9-20-16(15-8-10-24(21,22)12-15)18-19-17(20)23-11-14-6-4-13(2)5-7-14/h3-7,15H,1,8-12H2,2H3. The molecule has 1 aromatic heterocycles. The lowest BCUT2D eigenvalue weighted by Gasteiger charge is -2.11. The van der Waals surface area contributed by atoms with Gasteiger partial charge in [-0.1, -0.05) is 47.7 Å². The Morgan fingerprint density at radius 3 is 2.71 bits per heavy atom. The van der Waals surface area contributed by atoms with Gasteiger partial charge >= 0.3 is 0 Å². The monoisotopic (exact) mass is 363 g/mol. The van der Waals surface area contributed by atoms with E-state index in [2.05, 4.69) is 48.0 Å². The molecule has 0 N–H and O–H groups in total. The Morgan fingerprint density at radius 1 is 1.33 bits per heavy atom. The minimum Gasteiger partial charge on any atom is -0.302 e. The maximum atomic E-state index is 11.7. The minimum atomic E-state index is -2.94. The molecule has 128 valence electrons. The van der Waals surface area contributed by atoms with Gasteiger partial charge in [-0.25, -0.2) is 8.42 Å². The highest BCUT2D eigenvalue weighted by atomic mass is 32.2. The summed E-state index contributed by atoms with van der Waals surface area (Å²) >= 11 is 1.62. The minimum absolute atomic E-state index is 0.0591. The van der Waals surface area contributed by atoms with Crippen LogP contribution >= 0.6 is 11.8 Å². The first-order valence-corrected chi connectivity index (χ1v) is 10.7. The molecule has 0 saturated carbocycles. The summed E-state index contributed by atoms with van der Waals surface area (Å²) in [7, 11) is -2.94. The summed E-state index contributed by atoms with van der Waals surface area (Å²) in [5.74, 6) is 1.92. The van der Waals surface area contributed by atoms with E-state index < -0.39 is 9.84 Å². The van der Waals surface area contributed by atoms with E-state index in [0.29, 0.717) is 13.0 Å². The number of aryl methyl sites for hydroxylation is 1. The molecule has 1 aliphatic heterocycles. The zero-order valence-corrected chi connectivity index (χ0v) is 15.3. The lowest BCUT2D eigenvalue weighted by atomic mass is 10.1. The Kier molecular flexibility index (Phi) is 5.10. The Labute approximate surface area is 147 Å². The zero-order valence-electron chi connectivity index (χ0n) is 13.7. The van der Waals surface area contributed by atoms with E-state index in [1.807, 2.05) is 4.57 Å². The first kappa shape index (κ1) is 17.2. The van der Waals surface area contributed by atoms with Crippen molar-refractivity contribution < 1.29 is 8.42 Å². The van der Waals surface area contributed by atoms with Crippen molar-refractivity contribution >= 4 is 21.6 Å². The molecule has 24 heavy (non-hydrogen) atoms. The van der Waals surface area contributed by atoms with Crippen LogP contribution in [0.15, 0.2) is 42.1 Å². The molecule has 0 radical (unpaired) electrons. The van der Waals surface area contributed by atoms with Gasteiger partial charge in [-0.2, -0.15) is 0 Å². The average Bonchev–Trinajstić information content (AvgIpc) is 3.10. The van der Waals surface area contributed by atoms with E-state index in [1.165, 1.54) is 11.1 Å². The van der Waals surface area contributed by atoms with Crippen molar-refractivity contribution in [3.05, 3.63) is 53.9 Å². The number of hydrogen-bond donors (Lipinski definition) is 0. The van der Waals surface area contributed by atoms with Crippen LogP contribution in [0.25, 0.3) is 0 Å². The van der Waals surface area contributed by atoms with E-state index in [0.717, 1.165) is 16.7 Å². The van der Waals surface area contributed by atoms with Gasteiger partial charge < -0.3 is 4.57 Å². The molecule has 1 unspecified atom stereocenters.